The Bertz CT molecular complexity index is 908. The molecule has 2 heterocycles. The Balaban J connectivity index is 1.52. The predicted octanol–water partition coefficient (Wildman–Crippen LogP) is 2.82. The standard InChI is InChI=1S/C18H15N3O4/c1-11-6-7-12(18-21-19-10-24-18)8-13(11)20-17(22)16-9-23-14-4-2-3-5-15(14)25-16/h2-8,10,16H,9H2,1H3,(H,20,22)/t16-/m0/s1. The van der Waals surface area contributed by atoms with Crippen LogP contribution in [0.5, 0.6) is 11.5 Å². The summed E-state index contributed by atoms with van der Waals surface area (Å²) in [6.45, 7) is 2.06. The fourth-order valence-electron chi connectivity index (χ4n) is 2.55. The first-order valence-electron chi connectivity index (χ1n) is 7.77. The van der Waals surface area contributed by atoms with E-state index in [4.69, 9.17) is 13.9 Å². The van der Waals surface area contributed by atoms with Crippen molar-refractivity contribution in [2.45, 2.75) is 13.0 Å². The number of aromatic nitrogens is 2. The van der Waals surface area contributed by atoms with Crippen molar-refractivity contribution in [2.24, 2.45) is 0 Å². The summed E-state index contributed by atoms with van der Waals surface area (Å²) in [4.78, 5) is 12.6. The van der Waals surface area contributed by atoms with Crippen LogP contribution in [0.15, 0.2) is 53.3 Å². The van der Waals surface area contributed by atoms with Gasteiger partial charge in [0.25, 0.3) is 5.91 Å². The zero-order valence-electron chi connectivity index (χ0n) is 13.4. The molecule has 0 radical (unpaired) electrons. The monoisotopic (exact) mass is 337 g/mol. The van der Waals surface area contributed by atoms with Gasteiger partial charge in [-0.3, -0.25) is 4.79 Å². The van der Waals surface area contributed by atoms with E-state index in [-0.39, 0.29) is 12.5 Å². The number of hydrogen-bond donors (Lipinski definition) is 1. The molecule has 25 heavy (non-hydrogen) atoms. The molecule has 1 aromatic heterocycles. The number of para-hydroxylation sites is 2. The predicted molar refractivity (Wildman–Crippen MR) is 89.5 cm³/mol. The van der Waals surface area contributed by atoms with Gasteiger partial charge in [0.05, 0.1) is 0 Å². The lowest BCUT2D eigenvalue weighted by atomic mass is 10.1. The van der Waals surface area contributed by atoms with Crippen LogP contribution in [0.25, 0.3) is 11.5 Å². The van der Waals surface area contributed by atoms with Gasteiger partial charge in [0.1, 0.15) is 6.61 Å². The van der Waals surface area contributed by atoms with Crippen LogP contribution in [-0.2, 0) is 4.79 Å². The van der Waals surface area contributed by atoms with Crippen LogP contribution in [0.1, 0.15) is 5.56 Å². The molecule has 0 bridgehead atoms. The van der Waals surface area contributed by atoms with E-state index in [9.17, 15) is 4.79 Å². The van der Waals surface area contributed by atoms with E-state index in [1.54, 1.807) is 12.1 Å². The van der Waals surface area contributed by atoms with Crippen LogP contribution in [0, 0.1) is 6.92 Å². The molecule has 126 valence electrons. The van der Waals surface area contributed by atoms with Gasteiger partial charge in [0.15, 0.2) is 11.5 Å². The lowest BCUT2D eigenvalue weighted by Crippen LogP contribution is -2.40. The van der Waals surface area contributed by atoms with Crippen molar-refractivity contribution >= 4 is 11.6 Å². The number of aryl methyl sites for hydroxylation is 1. The minimum absolute atomic E-state index is 0.158. The van der Waals surface area contributed by atoms with Crippen LogP contribution in [0.2, 0.25) is 0 Å². The molecule has 0 unspecified atom stereocenters. The van der Waals surface area contributed by atoms with Crippen molar-refractivity contribution in [3.63, 3.8) is 0 Å². The van der Waals surface area contributed by atoms with Crippen molar-refractivity contribution in [1.29, 1.82) is 0 Å². The number of ether oxygens (including phenoxy) is 2. The summed E-state index contributed by atoms with van der Waals surface area (Å²) in [5.41, 5.74) is 2.29. The van der Waals surface area contributed by atoms with Crippen LogP contribution in [0.4, 0.5) is 5.69 Å². The fourth-order valence-corrected chi connectivity index (χ4v) is 2.55. The molecule has 3 aromatic rings. The molecule has 1 aliphatic heterocycles. The van der Waals surface area contributed by atoms with Crippen molar-refractivity contribution in [3.8, 4) is 23.0 Å². The highest BCUT2D eigenvalue weighted by Crippen LogP contribution is 2.31. The van der Waals surface area contributed by atoms with E-state index >= 15 is 0 Å². The van der Waals surface area contributed by atoms with Crippen molar-refractivity contribution < 1.29 is 18.7 Å². The Morgan fingerprint density at radius 1 is 1.20 bits per heavy atom. The molecule has 1 aliphatic rings. The highest BCUT2D eigenvalue weighted by atomic mass is 16.6. The first-order chi connectivity index (χ1) is 12.2. The van der Waals surface area contributed by atoms with Crippen molar-refractivity contribution in [3.05, 3.63) is 54.4 Å². The van der Waals surface area contributed by atoms with Crippen LogP contribution in [-0.4, -0.2) is 28.8 Å². The lowest BCUT2D eigenvalue weighted by Gasteiger charge is -2.25. The molecule has 7 heteroatoms. The number of amides is 1. The molecule has 0 saturated heterocycles. The molecular formula is C18H15N3O4. The Kier molecular flexibility index (Phi) is 3.81. The smallest absolute Gasteiger partial charge is 0.269 e. The third-order valence-electron chi connectivity index (χ3n) is 3.90. The SMILES string of the molecule is Cc1ccc(-c2nnco2)cc1NC(=O)[C@@H]1COc2ccccc2O1. The zero-order valence-corrected chi connectivity index (χ0v) is 13.4. The highest BCUT2D eigenvalue weighted by molar-refractivity contribution is 5.95. The van der Waals surface area contributed by atoms with Crippen LogP contribution < -0.4 is 14.8 Å². The first-order valence-corrected chi connectivity index (χ1v) is 7.77. The topological polar surface area (TPSA) is 86.5 Å². The maximum absolute atomic E-state index is 12.6. The minimum atomic E-state index is -0.721. The molecule has 1 atom stereocenters. The summed E-state index contributed by atoms with van der Waals surface area (Å²) in [6, 6.07) is 12.8. The van der Waals surface area contributed by atoms with E-state index in [2.05, 4.69) is 15.5 Å². The number of carbonyl (C=O) groups is 1. The molecule has 1 N–H and O–H groups in total. The second kappa shape index (κ2) is 6.27. The summed E-state index contributed by atoms with van der Waals surface area (Å²) in [7, 11) is 0. The summed E-state index contributed by atoms with van der Waals surface area (Å²) < 4.78 is 16.5. The summed E-state index contributed by atoms with van der Waals surface area (Å²) in [6.07, 6.45) is 0.541. The quantitative estimate of drug-likeness (QED) is 0.791. The molecule has 0 saturated carbocycles. The minimum Gasteiger partial charge on any atom is -0.485 e. The molecule has 1 amide bonds. The third kappa shape index (κ3) is 3.03. The van der Waals surface area contributed by atoms with E-state index in [1.807, 2.05) is 37.3 Å². The Morgan fingerprint density at radius 3 is 2.84 bits per heavy atom. The van der Waals surface area contributed by atoms with Gasteiger partial charge in [-0.1, -0.05) is 18.2 Å². The van der Waals surface area contributed by atoms with Gasteiger partial charge < -0.3 is 19.2 Å². The number of nitrogens with zero attached hydrogens (tertiary/aromatic N) is 2. The molecule has 0 fully saturated rings. The van der Waals surface area contributed by atoms with Crippen LogP contribution in [0.3, 0.4) is 0 Å². The van der Waals surface area contributed by atoms with Gasteiger partial charge in [-0.15, -0.1) is 10.2 Å². The number of benzene rings is 2. The number of carbonyl (C=O) groups excluding carboxylic acids is 1. The summed E-state index contributed by atoms with van der Waals surface area (Å²) in [5.74, 6) is 1.31. The highest BCUT2D eigenvalue weighted by Gasteiger charge is 2.27. The number of anilines is 1. The summed E-state index contributed by atoms with van der Waals surface area (Å²) in [5, 5.41) is 10.4. The van der Waals surface area contributed by atoms with Gasteiger partial charge in [-0.2, -0.15) is 0 Å². The third-order valence-corrected chi connectivity index (χ3v) is 3.90. The van der Waals surface area contributed by atoms with Gasteiger partial charge in [-0.25, -0.2) is 0 Å². The average molecular weight is 337 g/mol. The maximum atomic E-state index is 12.6. The number of hydrogen-bond acceptors (Lipinski definition) is 6. The Morgan fingerprint density at radius 2 is 2.04 bits per heavy atom. The van der Waals surface area contributed by atoms with Gasteiger partial charge in [0, 0.05) is 11.3 Å². The van der Waals surface area contributed by atoms with Crippen molar-refractivity contribution in [2.75, 3.05) is 11.9 Å². The Hall–Kier alpha value is -3.35. The molecule has 7 nitrogen and oxygen atoms in total. The van der Waals surface area contributed by atoms with E-state index in [0.29, 0.717) is 23.1 Å². The number of fused-ring (bicyclic) bond motifs is 1. The molecule has 4 rings (SSSR count). The molecular weight excluding hydrogens is 322 g/mol. The zero-order chi connectivity index (χ0) is 17.2. The van der Waals surface area contributed by atoms with Gasteiger partial charge in [-0.05, 0) is 36.8 Å². The largest absolute Gasteiger partial charge is 0.485 e. The average Bonchev–Trinajstić information content (AvgIpc) is 3.18. The fraction of sp³-hybridized carbons (Fsp3) is 0.167. The normalized spacial score (nSPS) is 15.6. The number of nitrogens with one attached hydrogen (secondary N) is 1. The second-order valence-electron chi connectivity index (χ2n) is 5.63. The lowest BCUT2D eigenvalue weighted by molar-refractivity contribution is -0.125. The molecule has 2 aromatic carbocycles. The molecule has 0 aliphatic carbocycles. The van der Waals surface area contributed by atoms with Gasteiger partial charge >= 0.3 is 0 Å². The Labute approximate surface area is 143 Å². The van der Waals surface area contributed by atoms with E-state index < -0.39 is 6.10 Å². The van der Waals surface area contributed by atoms with Crippen molar-refractivity contribution in [1.82, 2.24) is 10.2 Å². The van der Waals surface area contributed by atoms with Crippen LogP contribution >= 0.6 is 0 Å². The first kappa shape index (κ1) is 15.2. The summed E-state index contributed by atoms with van der Waals surface area (Å²) >= 11 is 0. The second-order valence-corrected chi connectivity index (χ2v) is 5.63. The number of rotatable bonds is 3. The van der Waals surface area contributed by atoms with Gasteiger partial charge in [0.2, 0.25) is 18.4 Å². The van der Waals surface area contributed by atoms with E-state index in [0.717, 1.165) is 11.1 Å². The molecule has 0 spiro atoms. The maximum Gasteiger partial charge on any atom is 0.269 e. The van der Waals surface area contributed by atoms with E-state index in [1.165, 1.54) is 6.39 Å².